The average molecular weight is 389 g/mol. The van der Waals surface area contributed by atoms with Crippen LogP contribution in [0.2, 0.25) is 0 Å². The van der Waals surface area contributed by atoms with Crippen molar-refractivity contribution in [3.63, 3.8) is 0 Å². The first-order valence-electron chi connectivity index (χ1n) is 11.9. The Hall–Kier alpha value is -0.860. The molecule has 28 heavy (non-hydrogen) atoms. The molecule has 4 rings (SSSR count). The summed E-state index contributed by atoms with van der Waals surface area (Å²) < 4.78 is 4.84. The van der Waals surface area contributed by atoms with Crippen molar-refractivity contribution in [3.8, 4) is 0 Å². The summed E-state index contributed by atoms with van der Waals surface area (Å²) in [7, 11) is 1.47. The van der Waals surface area contributed by atoms with E-state index in [1.807, 2.05) is 0 Å². The normalized spacial score (nSPS) is 46.3. The third kappa shape index (κ3) is 2.98. The molecule has 0 bridgehead atoms. The van der Waals surface area contributed by atoms with Gasteiger partial charge in [-0.25, -0.2) is 0 Å². The number of hydrogen-bond donors (Lipinski definition) is 0. The number of carbonyl (C=O) groups is 2. The first kappa shape index (κ1) is 20.4. The van der Waals surface area contributed by atoms with Crippen molar-refractivity contribution in [2.45, 2.75) is 91.4 Å². The molecule has 3 nitrogen and oxygen atoms in total. The number of esters is 1. The van der Waals surface area contributed by atoms with E-state index >= 15 is 0 Å². The highest BCUT2D eigenvalue weighted by atomic mass is 16.5. The molecule has 0 heterocycles. The summed E-state index contributed by atoms with van der Waals surface area (Å²) in [4.78, 5) is 25.3. The molecule has 0 aliphatic heterocycles. The minimum absolute atomic E-state index is 0.120. The zero-order valence-corrected chi connectivity index (χ0v) is 18.5. The van der Waals surface area contributed by atoms with Crippen LogP contribution in [0, 0.1) is 46.3 Å². The highest BCUT2D eigenvalue weighted by molar-refractivity contribution is 5.87. The molecular formula is C25H40O3. The van der Waals surface area contributed by atoms with Crippen molar-refractivity contribution in [1.29, 1.82) is 0 Å². The van der Waals surface area contributed by atoms with E-state index in [0.29, 0.717) is 41.3 Å². The molecule has 4 saturated carbocycles. The number of Topliss-reactive ketones (excluding diaryl/α,β-unsaturated/α-hetero) is 1. The minimum Gasteiger partial charge on any atom is -0.469 e. The number of hydrogen-bond acceptors (Lipinski definition) is 3. The molecule has 0 N–H and O–H groups in total. The van der Waals surface area contributed by atoms with Gasteiger partial charge in [-0.15, -0.1) is 0 Å². The summed E-state index contributed by atoms with van der Waals surface area (Å²) in [5.74, 6) is 4.09. The van der Waals surface area contributed by atoms with Crippen molar-refractivity contribution in [2.24, 2.45) is 46.3 Å². The molecule has 4 fully saturated rings. The number of carbonyl (C=O) groups excluding carboxylic acids is 2. The molecule has 4 aliphatic carbocycles. The van der Waals surface area contributed by atoms with Crippen LogP contribution in [0.5, 0.6) is 0 Å². The lowest BCUT2D eigenvalue weighted by Gasteiger charge is -2.60. The van der Waals surface area contributed by atoms with Crippen LogP contribution in [0.1, 0.15) is 91.4 Å². The zero-order valence-electron chi connectivity index (χ0n) is 18.5. The van der Waals surface area contributed by atoms with E-state index in [4.69, 9.17) is 4.74 Å². The largest absolute Gasteiger partial charge is 0.469 e. The molecule has 0 radical (unpaired) electrons. The molecule has 4 aliphatic rings. The van der Waals surface area contributed by atoms with Crippen LogP contribution in [0.15, 0.2) is 0 Å². The van der Waals surface area contributed by atoms with Gasteiger partial charge in [0.15, 0.2) is 0 Å². The fourth-order valence-electron chi connectivity index (χ4n) is 8.59. The molecule has 3 heteroatoms. The molecule has 158 valence electrons. The Labute approximate surface area is 171 Å². The summed E-state index contributed by atoms with van der Waals surface area (Å²) >= 11 is 0. The molecule has 0 amide bonds. The van der Waals surface area contributed by atoms with Crippen LogP contribution >= 0.6 is 0 Å². The van der Waals surface area contributed by atoms with E-state index < -0.39 is 0 Å². The Bertz CT molecular complexity index is 627. The fourth-order valence-corrected chi connectivity index (χ4v) is 8.59. The van der Waals surface area contributed by atoms with Gasteiger partial charge in [0, 0.05) is 18.3 Å². The maximum atomic E-state index is 13.7. The van der Waals surface area contributed by atoms with Gasteiger partial charge in [0.2, 0.25) is 0 Å². The van der Waals surface area contributed by atoms with Gasteiger partial charge in [0.25, 0.3) is 0 Å². The van der Waals surface area contributed by atoms with Gasteiger partial charge in [-0.3, -0.25) is 9.59 Å². The van der Waals surface area contributed by atoms with E-state index in [0.717, 1.165) is 24.7 Å². The molecule has 0 spiro atoms. The molecule has 0 saturated heterocycles. The monoisotopic (exact) mass is 388 g/mol. The zero-order chi connectivity index (χ0) is 20.1. The maximum absolute atomic E-state index is 13.7. The van der Waals surface area contributed by atoms with E-state index in [1.54, 1.807) is 0 Å². The first-order chi connectivity index (χ1) is 13.3. The topological polar surface area (TPSA) is 43.4 Å². The Balaban J connectivity index is 1.55. The lowest BCUT2D eigenvalue weighted by atomic mass is 9.44. The van der Waals surface area contributed by atoms with Gasteiger partial charge in [-0.2, -0.15) is 0 Å². The van der Waals surface area contributed by atoms with E-state index in [-0.39, 0.29) is 11.4 Å². The third-order valence-electron chi connectivity index (χ3n) is 10.2. The van der Waals surface area contributed by atoms with Crippen molar-refractivity contribution in [3.05, 3.63) is 0 Å². The minimum atomic E-state index is -0.158. The van der Waals surface area contributed by atoms with E-state index in [9.17, 15) is 9.59 Å². The van der Waals surface area contributed by atoms with Crippen LogP contribution in [-0.2, 0) is 14.3 Å². The summed E-state index contributed by atoms with van der Waals surface area (Å²) in [6.07, 6.45) is 12.8. The summed E-state index contributed by atoms with van der Waals surface area (Å²) in [6.45, 7) is 7.10. The Kier molecular flexibility index (Phi) is 5.42. The Morgan fingerprint density at radius 1 is 1.11 bits per heavy atom. The molecule has 0 aromatic carbocycles. The van der Waals surface area contributed by atoms with Crippen molar-refractivity contribution >= 4 is 11.8 Å². The number of methoxy groups -OCH3 is 1. The molecule has 0 aromatic heterocycles. The van der Waals surface area contributed by atoms with Crippen LogP contribution in [0.3, 0.4) is 0 Å². The summed E-state index contributed by atoms with van der Waals surface area (Å²) in [5.41, 5.74) is 0.251. The lowest BCUT2D eigenvalue weighted by Crippen LogP contribution is -2.56. The fraction of sp³-hybridized carbons (Fsp3) is 0.920. The van der Waals surface area contributed by atoms with Gasteiger partial charge in [-0.1, -0.05) is 33.6 Å². The average Bonchev–Trinajstić information content (AvgIpc) is 3.05. The lowest BCUT2D eigenvalue weighted by molar-refractivity contribution is -0.157. The number of rotatable bonds is 4. The highest BCUT2D eigenvalue weighted by Gasteiger charge is 2.63. The molecule has 0 aromatic rings. The Morgan fingerprint density at radius 2 is 1.89 bits per heavy atom. The van der Waals surface area contributed by atoms with Crippen LogP contribution in [0.4, 0.5) is 0 Å². The van der Waals surface area contributed by atoms with Gasteiger partial charge >= 0.3 is 5.97 Å². The maximum Gasteiger partial charge on any atom is 0.305 e. The second-order valence-electron chi connectivity index (χ2n) is 11.1. The molecular weight excluding hydrogens is 348 g/mol. The number of fused-ring (bicyclic) bond motifs is 5. The standard InChI is InChI=1S/C25H40O3/c1-16(8-13-23(27)28-4)19-11-12-20-18-10-9-17-7-5-6-14-24(17,2)21(18)15-22(26)25(19,20)3/h16-21H,5-15H2,1-4H3/t16?,17?,18-,19?,20?,21?,24?,25?/m0/s1. The van der Waals surface area contributed by atoms with Crippen molar-refractivity contribution < 1.29 is 14.3 Å². The predicted molar refractivity (Wildman–Crippen MR) is 111 cm³/mol. The van der Waals surface area contributed by atoms with Gasteiger partial charge in [0.05, 0.1) is 7.11 Å². The smallest absolute Gasteiger partial charge is 0.305 e. The predicted octanol–water partition coefficient (Wildman–Crippen LogP) is 5.80. The van der Waals surface area contributed by atoms with Crippen LogP contribution in [0.25, 0.3) is 0 Å². The number of ketones is 1. The van der Waals surface area contributed by atoms with E-state index in [1.165, 1.54) is 58.5 Å². The van der Waals surface area contributed by atoms with Crippen molar-refractivity contribution in [1.82, 2.24) is 0 Å². The van der Waals surface area contributed by atoms with E-state index in [2.05, 4.69) is 20.8 Å². The number of ether oxygens (including phenoxy) is 1. The first-order valence-corrected chi connectivity index (χ1v) is 11.9. The van der Waals surface area contributed by atoms with Gasteiger partial charge < -0.3 is 4.74 Å². The third-order valence-corrected chi connectivity index (χ3v) is 10.2. The summed E-state index contributed by atoms with van der Waals surface area (Å²) in [5, 5.41) is 0. The SMILES string of the molecule is COC(=O)CCC(C)C1CCC2[C@@H]3CCC4CCCCC4(C)C3CC(=O)C12C. The van der Waals surface area contributed by atoms with Crippen LogP contribution in [-0.4, -0.2) is 18.9 Å². The quantitative estimate of drug-likeness (QED) is 0.571. The van der Waals surface area contributed by atoms with Crippen molar-refractivity contribution in [2.75, 3.05) is 7.11 Å². The molecule has 8 atom stereocenters. The van der Waals surface area contributed by atoms with Crippen LogP contribution < -0.4 is 0 Å². The van der Waals surface area contributed by atoms with Gasteiger partial charge in [0.1, 0.15) is 5.78 Å². The molecule has 7 unspecified atom stereocenters. The Morgan fingerprint density at radius 3 is 2.64 bits per heavy atom. The van der Waals surface area contributed by atoms with Gasteiger partial charge in [-0.05, 0) is 85.9 Å². The second-order valence-corrected chi connectivity index (χ2v) is 11.1. The highest BCUT2D eigenvalue weighted by Crippen LogP contribution is 2.67. The second kappa shape index (κ2) is 7.43. The summed E-state index contributed by atoms with van der Waals surface area (Å²) in [6, 6.07) is 0.